The fourth-order valence-electron chi connectivity index (χ4n) is 4.31. The molecule has 0 aliphatic rings. The van der Waals surface area contributed by atoms with Gasteiger partial charge < -0.3 is 5.32 Å². The van der Waals surface area contributed by atoms with Crippen molar-refractivity contribution in [3.63, 3.8) is 0 Å². The lowest BCUT2D eigenvalue weighted by Crippen LogP contribution is -2.22. The molecule has 0 unspecified atom stereocenters. The molecule has 1 aromatic heterocycles. The van der Waals surface area contributed by atoms with Crippen LogP contribution in [-0.4, -0.2) is 16.3 Å². The van der Waals surface area contributed by atoms with E-state index in [1.165, 1.54) is 0 Å². The molecular formula is C30H24N2O2. The molecule has 34 heavy (non-hydrogen) atoms. The summed E-state index contributed by atoms with van der Waals surface area (Å²) in [6, 6.07) is 36.1. The number of aromatic nitrogens is 1. The van der Waals surface area contributed by atoms with E-state index >= 15 is 0 Å². The van der Waals surface area contributed by atoms with Gasteiger partial charge in [0.25, 0.3) is 5.91 Å². The quantitative estimate of drug-likeness (QED) is 0.320. The van der Waals surface area contributed by atoms with Gasteiger partial charge in [0.15, 0.2) is 5.78 Å². The largest absolute Gasteiger partial charge is 0.307 e. The molecule has 0 bridgehead atoms. The van der Waals surface area contributed by atoms with E-state index in [1.807, 2.05) is 103 Å². The van der Waals surface area contributed by atoms with E-state index in [0.717, 1.165) is 16.5 Å². The van der Waals surface area contributed by atoms with E-state index < -0.39 is 0 Å². The lowest BCUT2D eigenvalue weighted by molar-refractivity contribution is 0.0961. The monoisotopic (exact) mass is 444 g/mol. The minimum Gasteiger partial charge on any atom is -0.307 e. The summed E-state index contributed by atoms with van der Waals surface area (Å²) in [7, 11) is 0. The number of nitrogens with one attached hydrogen (secondary N) is 1. The molecule has 166 valence electrons. The molecule has 0 amide bonds. The van der Waals surface area contributed by atoms with Crippen molar-refractivity contribution in [3.05, 3.63) is 143 Å². The second-order valence-corrected chi connectivity index (χ2v) is 8.13. The first kappa shape index (κ1) is 21.6. The summed E-state index contributed by atoms with van der Waals surface area (Å²) in [5, 5.41) is 4.22. The molecule has 4 nitrogen and oxygen atoms in total. The maximum absolute atomic E-state index is 13.7. The predicted molar refractivity (Wildman–Crippen MR) is 135 cm³/mol. The summed E-state index contributed by atoms with van der Waals surface area (Å²) >= 11 is 0. The van der Waals surface area contributed by atoms with Crippen LogP contribution in [0.25, 0.3) is 10.9 Å². The number of para-hydroxylation sites is 1. The fourth-order valence-corrected chi connectivity index (χ4v) is 4.31. The number of rotatable bonds is 7. The zero-order valence-electron chi connectivity index (χ0n) is 18.6. The zero-order chi connectivity index (χ0) is 23.3. The van der Waals surface area contributed by atoms with Gasteiger partial charge in [-0.25, -0.2) is 0 Å². The summed E-state index contributed by atoms with van der Waals surface area (Å²) in [5.74, 6) is -0.242. The van der Waals surface area contributed by atoms with Crippen LogP contribution in [0.5, 0.6) is 0 Å². The molecule has 0 saturated carbocycles. The first-order valence-electron chi connectivity index (χ1n) is 11.3. The number of benzene rings is 4. The molecule has 5 aromatic rings. The third kappa shape index (κ3) is 4.19. The van der Waals surface area contributed by atoms with Gasteiger partial charge in [-0.1, -0.05) is 97.1 Å². The minimum atomic E-state index is -0.152. The standard InChI is InChI=1S/C30H24N2O2/c33-29(23-14-6-2-7-15-23)28-25-18-10-11-19-26(25)32(30(34)24-16-8-3-9-17-24)27(28)21-31-20-22-12-4-1-5-13-22/h1-19,31H,20-21H2. The third-order valence-electron chi connectivity index (χ3n) is 5.92. The molecule has 1 N–H and O–H groups in total. The van der Waals surface area contributed by atoms with Crippen molar-refractivity contribution in [1.29, 1.82) is 0 Å². The number of hydrogen-bond acceptors (Lipinski definition) is 3. The first-order chi connectivity index (χ1) is 16.7. The molecule has 0 spiro atoms. The van der Waals surface area contributed by atoms with Crippen molar-refractivity contribution in [2.24, 2.45) is 0 Å². The Balaban J connectivity index is 1.65. The maximum Gasteiger partial charge on any atom is 0.262 e. The van der Waals surface area contributed by atoms with Crippen molar-refractivity contribution < 1.29 is 9.59 Å². The Labute approximate surface area is 198 Å². The van der Waals surface area contributed by atoms with Gasteiger partial charge in [-0.15, -0.1) is 0 Å². The van der Waals surface area contributed by atoms with Crippen LogP contribution < -0.4 is 5.32 Å². The highest BCUT2D eigenvalue weighted by molar-refractivity contribution is 6.19. The highest BCUT2D eigenvalue weighted by atomic mass is 16.2. The second kappa shape index (κ2) is 9.69. The number of fused-ring (bicyclic) bond motifs is 1. The Morgan fingerprint density at radius 3 is 1.85 bits per heavy atom. The molecule has 0 saturated heterocycles. The summed E-state index contributed by atoms with van der Waals surface area (Å²) in [6.07, 6.45) is 0. The summed E-state index contributed by atoms with van der Waals surface area (Å²) in [4.78, 5) is 27.4. The van der Waals surface area contributed by atoms with E-state index in [1.54, 1.807) is 16.7 Å². The molecule has 4 aromatic carbocycles. The highest BCUT2D eigenvalue weighted by Gasteiger charge is 2.26. The molecule has 0 radical (unpaired) electrons. The van der Waals surface area contributed by atoms with Gasteiger partial charge in [0.2, 0.25) is 0 Å². The zero-order valence-corrected chi connectivity index (χ0v) is 18.6. The topological polar surface area (TPSA) is 51.1 Å². The number of ketones is 1. The van der Waals surface area contributed by atoms with E-state index in [2.05, 4.69) is 5.32 Å². The van der Waals surface area contributed by atoms with E-state index in [4.69, 9.17) is 0 Å². The minimum absolute atomic E-state index is 0.0899. The van der Waals surface area contributed by atoms with Crippen LogP contribution in [0, 0.1) is 0 Å². The van der Waals surface area contributed by atoms with Crippen molar-refractivity contribution in [2.45, 2.75) is 13.1 Å². The molecule has 0 fully saturated rings. The number of carbonyl (C=O) groups is 2. The van der Waals surface area contributed by atoms with Crippen LogP contribution in [0.4, 0.5) is 0 Å². The summed E-state index contributed by atoms with van der Waals surface area (Å²) in [5.41, 5.74) is 4.27. The highest BCUT2D eigenvalue weighted by Crippen LogP contribution is 2.30. The third-order valence-corrected chi connectivity index (χ3v) is 5.92. The lowest BCUT2D eigenvalue weighted by Gasteiger charge is -2.13. The normalized spacial score (nSPS) is 10.9. The van der Waals surface area contributed by atoms with Crippen molar-refractivity contribution >= 4 is 22.6 Å². The van der Waals surface area contributed by atoms with Gasteiger partial charge in [0.1, 0.15) is 0 Å². The van der Waals surface area contributed by atoms with E-state index in [0.29, 0.717) is 35.5 Å². The number of carbonyl (C=O) groups excluding carboxylic acids is 2. The molecule has 4 heteroatoms. The Hall–Kier alpha value is -4.28. The lowest BCUT2D eigenvalue weighted by atomic mass is 10.00. The average molecular weight is 445 g/mol. The molecule has 0 atom stereocenters. The van der Waals surface area contributed by atoms with Crippen LogP contribution >= 0.6 is 0 Å². The fraction of sp³-hybridized carbons (Fsp3) is 0.0667. The smallest absolute Gasteiger partial charge is 0.262 e. The number of hydrogen-bond donors (Lipinski definition) is 1. The molecule has 0 aliphatic heterocycles. The summed E-state index contributed by atoms with van der Waals surface area (Å²) in [6.45, 7) is 0.997. The van der Waals surface area contributed by atoms with Gasteiger partial charge in [0, 0.05) is 29.6 Å². The predicted octanol–water partition coefficient (Wildman–Crippen LogP) is 5.85. The van der Waals surface area contributed by atoms with Crippen molar-refractivity contribution in [2.75, 3.05) is 0 Å². The molecule has 0 aliphatic carbocycles. The Bertz CT molecular complexity index is 1350. The van der Waals surface area contributed by atoms with Gasteiger partial charge in [-0.05, 0) is 23.8 Å². The average Bonchev–Trinajstić information content (AvgIpc) is 3.23. The van der Waals surface area contributed by atoms with Crippen LogP contribution in [0.3, 0.4) is 0 Å². The molecule has 5 rings (SSSR count). The van der Waals surface area contributed by atoms with Crippen LogP contribution in [0.1, 0.15) is 37.5 Å². The van der Waals surface area contributed by atoms with Gasteiger partial charge in [-0.3, -0.25) is 14.2 Å². The molecular weight excluding hydrogens is 420 g/mol. The van der Waals surface area contributed by atoms with Crippen molar-refractivity contribution in [3.8, 4) is 0 Å². The van der Waals surface area contributed by atoms with Crippen molar-refractivity contribution in [1.82, 2.24) is 9.88 Å². The SMILES string of the molecule is O=C(c1ccccc1)c1c(CNCc2ccccc2)n(C(=O)c2ccccc2)c2ccccc12. The first-order valence-corrected chi connectivity index (χ1v) is 11.3. The van der Waals surface area contributed by atoms with Crippen LogP contribution in [0.2, 0.25) is 0 Å². The van der Waals surface area contributed by atoms with Crippen LogP contribution in [0.15, 0.2) is 115 Å². The van der Waals surface area contributed by atoms with E-state index in [9.17, 15) is 9.59 Å². The van der Waals surface area contributed by atoms with Gasteiger partial charge >= 0.3 is 0 Å². The summed E-state index contributed by atoms with van der Waals surface area (Å²) < 4.78 is 1.69. The molecule has 1 heterocycles. The van der Waals surface area contributed by atoms with Gasteiger partial charge in [-0.2, -0.15) is 0 Å². The van der Waals surface area contributed by atoms with E-state index in [-0.39, 0.29) is 11.7 Å². The maximum atomic E-state index is 13.7. The Morgan fingerprint density at radius 2 is 1.18 bits per heavy atom. The van der Waals surface area contributed by atoms with Gasteiger partial charge in [0.05, 0.1) is 16.8 Å². The second-order valence-electron chi connectivity index (χ2n) is 8.13. The Morgan fingerprint density at radius 1 is 0.618 bits per heavy atom. The van der Waals surface area contributed by atoms with Crippen LogP contribution in [-0.2, 0) is 13.1 Å². The Kier molecular flexibility index (Phi) is 6.15. The number of nitrogens with zero attached hydrogens (tertiary/aromatic N) is 1.